The Hall–Kier alpha value is -3.26. The molecule has 194 valence electrons. The summed E-state index contributed by atoms with van der Waals surface area (Å²) in [5, 5.41) is 8.62. The molecule has 2 aromatic carbocycles. The number of ketones is 1. The molecule has 2 amide bonds. The third-order valence-corrected chi connectivity index (χ3v) is 6.31. The van der Waals surface area contributed by atoms with E-state index < -0.39 is 5.91 Å². The minimum absolute atomic E-state index is 0.109. The fourth-order valence-corrected chi connectivity index (χ4v) is 4.06. The highest BCUT2D eigenvalue weighted by molar-refractivity contribution is 6.01. The van der Waals surface area contributed by atoms with Crippen LogP contribution in [0.25, 0.3) is 0 Å². The molecule has 1 fully saturated rings. The molecule has 0 spiro atoms. The number of hydrogen-bond donors (Lipinski definition) is 3. The van der Waals surface area contributed by atoms with Crippen LogP contribution in [0.3, 0.4) is 0 Å². The van der Waals surface area contributed by atoms with Crippen molar-refractivity contribution in [3.8, 4) is 5.75 Å². The predicted octanol–water partition coefficient (Wildman–Crippen LogP) is 3.27. The van der Waals surface area contributed by atoms with Gasteiger partial charge in [-0.3, -0.25) is 14.4 Å². The fourth-order valence-electron chi connectivity index (χ4n) is 4.06. The maximum absolute atomic E-state index is 12.5. The molecular formula is C28H36FN3O4. The number of carbonyl (C=O) groups excluding carboxylic acids is 3. The molecule has 1 saturated carbocycles. The molecule has 0 bridgehead atoms. The number of ether oxygens (including phenoxy) is 1. The van der Waals surface area contributed by atoms with Gasteiger partial charge >= 0.3 is 0 Å². The summed E-state index contributed by atoms with van der Waals surface area (Å²) in [4.78, 5) is 36.5. The molecule has 0 saturated heterocycles. The second-order valence-electron chi connectivity index (χ2n) is 9.41. The number of para-hydroxylation sites is 1. The first-order chi connectivity index (χ1) is 17.3. The van der Waals surface area contributed by atoms with Gasteiger partial charge in [0.05, 0.1) is 19.0 Å². The Morgan fingerprint density at radius 2 is 1.61 bits per heavy atom. The quantitative estimate of drug-likeness (QED) is 0.526. The Labute approximate surface area is 212 Å². The highest BCUT2D eigenvalue weighted by Gasteiger charge is 2.36. The van der Waals surface area contributed by atoms with E-state index in [9.17, 15) is 18.8 Å². The van der Waals surface area contributed by atoms with Crippen LogP contribution in [-0.2, 0) is 14.4 Å². The zero-order chi connectivity index (χ0) is 25.9. The second-order valence-corrected chi connectivity index (χ2v) is 9.41. The molecule has 2 aromatic rings. The third kappa shape index (κ3) is 9.07. The van der Waals surface area contributed by atoms with Crippen LogP contribution < -0.4 is 20.7 Å². The molecule has 1 aliphatic heterocycles. The van der Waals surface area contributed by atoms with E-state index in [-0.39, 0.29) is 48.4 Å². The van der Waals surface area contributed by atoms with Crippen LogP contribution in [0.15, 0.2) is 48.5 Å². The Balaban J connectivity index is 0.000000383. The van der Waals surface area contributed by atoms with Crippen LogP contribution in [0, 0.1) is 18.7 Å². The van der Waals surface area contributed by atoms with Crippen molar-refractivity contribution in [2.45, 2.75) is 51.5 Å². The van der Waals surface area contributed by atoms with E-state index in [4.69, 9.17) is 4.74 Å². The zero-order valence-corrected chi connectivity index (χ0v) is 21.0. The van der Waals surface area contributed by atoms with Gasteiger partial charge in [0.15, 0.2) is 5.78 Å². The van der Waals surface area contributed by atoms with Gasteiger partial charge in [-0.15, -0.1) is 0 Å². The maximum Gasteiger partial charge on any atom is 0.239 e. The van der Waals surface area contributed by atoms with E-state index in [0.717, 1.165) is 36.1 Å². The number of hydrogen-bond acceptors (Lipinski definition) is 5. The molecule has 0 radical (unpaired) electrons. The average molecular weight is 498 g/mol. The lowest BCUT2D eigenvalue weighted by atomic mass is 9.97. The molecule has 2 atom stereocenters. The fraction of sp³-hybridized carbons (Fsp3) is 0.464. The lowest BCUT2D eigenvalue weighted by molar-refractivity contribution is -0.131. The Morgan fingerprint density at radius 1 is 0.889 bits per heavy atom. The smallest absolute Gasteiger partial charge is 0.239 e. The number of aryl methyl sites for hydroxylation is 1. The highest BCUT2D eigenvalue weighted by atomic mass is 19.1. The van der Waals surface area contributed by atoms with E-state index >= 15 is 0 Å². The standard InChI is InChI=1S/C21H29N3O4.C7H7F/c1-14-8-9-22-20(27)13-24-19(26)12-17(25)21(15-6-7-15)23-10-11-28-18-5-3-2-4-16(14)18;1-6-2-4-7(8)5-3-6/h2-5,14-15,21,23H,6-13H2,1H3,(H,22,27)(H,24,26);2-5H,1H3. The Morgan fingerprint density at radius 3 is 2.31 bits per heavy atom. The number of fused-ring (bicyclic) bond motifs is 1. The number of benzene rings is 2. The lowest BCUT2D eigenvalue weighted by Gasteiger charge is -2.19. The molecule has 1 aliphatic carbocycles. The van der Waals surface area contributed by atoms with E-state index in [2.05, 4.69) is 22.9 Å². The Bertz CT molecular complexity index is 1000. The summed E-state index contributed by atoms with van der Waals surface area (Å²) >= 11 is 0. The topological polar surface area (TPSA) is 96.5 Å². The first-order valence-electron chi connectivity index (χ1n) is 12.6. The van der Waals surface area contributed by atoms with Crippen LogP contribution in [0.4, 0.5) is 4.39 Å². The molecule has 8 heteroatoms. The van der Waals surface area contributed by atoms with Gasteiger partial charge in [0.1, 0.15) is 18.2 Å². The van der Waals surface area contributed by atoms with Crippen LogP contribution >= 0.6 is 0 Å². The predicted molar refractivity (Wildman–Crippen MR) is 136 cm³/mol. The summed E-state index contributed by atoms with van der Waals surface area (Å²) < 4.78 is 18.1. The van der Waals surface area contributed by atoms with E-state index in [1.165, 1.54) is 12.1 Å². The molecule has 36 heavy (non-hydrogen) atoms. The molecule has 4 rings (SSSR count). The number of nitrogens with one attached hydrogen (secondary N) is 3. The first-order valence-corrected chi connectivity index (χ1v) is 12.6. The Kier molecular flexibility index (Phi) is 10.4. The van der Waals surface area contributed by atoms with Crippen LogP contribution in [-0.4, -0.2) is 49.9 Å². The third-order valence-electron chi connectivity index (χ3n) is 6.31. The largest absolute Gasteiger partial charge is 0.492 e. The molecular weight excluding hydrogens is 461 g/mol. The number of rotatable bonds is 1. The number of halogens is 1. The number of Topliss-reactive ketones (excluding diaryl/α,β-unsaturated/α-hetero) is 1. The van der Waals surface area contributed by atoms with Gasteiger partial charge in [-0.25, -0.2) is 4.39 Å². The van der Waals surface area contributed by atoms with Crippen LogP contribution in [0.1, 0.15) is 49.7 Å². The highest BCUT2D eigenvalue weighted by Crippen LogP contribution is 2.33. The summed E-state index contributed by atoms with van der Waals surface area (Å²) in [6.45, 7) is 5.42. The number of amides is 2. The summed E-state index contributed by atoms with van der Waals surface area (Å²) in [5.41, 5.74) is 2.19. The van der Waals surface area contributed by atoms with Crippen molar-refractivity contribution < 1.29 is 23.5 Å². The normalized spacial score (nSPS) is 22.0. The minimum atomic E-state index is -0.408. The van der Waals surface area contributed by atoms with Crippen LogP contribution in [0.5, 0.6) is 5.75 Å². The van der Waals surface area contributed by atoms with Crippen molar-refractivity contribution in [3.63, 3.8) is 0 Å². The van der Waals surface area contributed by atoms with Gasteiger partial charge in [0.25, 0.3) is 0 Å². The summed E-state index contributed by atoms with van der Waals surface area (Å²) in [6, 6.07) is 14.0. The SMILES string of the molecule is CC1CCNC(=O)CNC(=O)CC(=O)C(C2CC2)NCCOc2ccccc21.Cc1ccc(F)cc1. The summed E-state index contributed by atoms with van der Waals surface area (Å²) in [5.74, 6) is 0.383. The first kappa shape index (κ1) is 27.3. The lowest BCUT2D eigenvalue weighted by Crippen LogP contribution is -2.44. The number of carbonyl (C=O) groups is 3. The van der Waals surface area contributed by atoms with Crippen molar-refractivity contribution in [1.82, 2.24) is 16.0 Å². The van der Waals surface area contributed by atoms with Crippen molar-refractivity contribution in [1.29, 1.82) is 0 Å². The summed E-state index contributed by atoms with van der Waals surface area (Å²) in [7, 11) is 0. The van der Waals surface area contributed by atoms with Gasteiger partial charge in [0.2, 0.25) is 11.8 Å². The molecule has 2 unspecified atom stereocenters. The monoisotopic (exact) mass is 497 g/mol. The van der Waals surface area contributed by atoms with Gasteiger partial charge in [-0.2, -0.15) is 0 Å². The van der Waals surface area contributed by atoms with Crippen molar-refractivity contribution in [3.05, 3.63) is 65.5 Å². The maximum atomic E-state index is 12.5. The molecule has 3 N–H and O–H groups in total. The van der Waals surface area contributed by atoms with Crippen molar-refractivity contribution in [2.24, 2.45) is 5.92 Å². The van der Waals surface area contributed by atoms with Gasteiger partial charge in [0, 0.05) is 13.1 Å². The van der Waals surface area contributed by atoms with Crippen molar-refractivity contribution in [2.75, 3.05) is 26.2 Å². The summed E-state index contributed by atoms with van der Waals surface area (Å²) in [6.07, 6.45) is 2.55. The van der Waals surface area contributed by atoms with E-state index in [1.807, 2.05) is 31.2 Å². The van der Waals surface area contributed by atoms with Gasteiger partial charge in [-0.05, 0) is 61.8 Å². The molecule has 1 heterocycles. The van der Waals surface area contributed by atoms with Gasteiger partial charge in [-0.1, -0.05) is 42.8 Å². The average Bonchev–Trinajstić information content (AvgIpc) is 3.70. The molecule has 7 nitrogen and oxygen atoms in total. The molecule has 2 aliphatic rings. The van der Waals surface area contributed by atoms with E-state index in [1.54, 1.807) is 12.1 Å². The zero-order valence-electron chi connectivity index (χ0n) is 21.0. The second kappa shape index (κ2) is 13.7. The molecule has 0 aromatic heterocycles. The van der Waals surface area contributed by atoms with Crippen molar-refractivity contribution >= 4 is 17.6 Å². The van der Waals surface area contributed by atoms with E-state index in [0.29, 0.717) is 19.7 Å². The van der Waals surface area contributed by atoms with Crippen LogP contribution in [0.2, 0.25) is 0 Å². The minimum Gasteiger partial charge on any atom is -0.492 e. The van der Waals surface area contributed by atoms with Gasteiger partial charge < -0.3 is 20.7 Å².